The molecular formula is C13H23N5. The Morgan fingerprint density at radius 1 is 1.22 bits per heavy atom. The summed E-state index contributed by atoms with van der Waals surface area (Å²) in [6.07, 6.45) is 6.45. The molecule has 5 nitrogen and oxygen atoms in total. The van der Waals surface area contributed by atoms with Crippen LogP contribution in [0.25, 0.3) is 0 Å². The standard InChI is InChI=1S/C13H23N5/c1-17-7-9-18(10-8-17)6-2-3-14-11-13-12-15-4-5-16-13/h4-5,12,14H,2-3,6-11H2,1H3. The van der Waals surface area contributed by atoms with Crippen LogP contribution in [0.1, 0.15) is 12.1 Å². The fraction of sp³-hybridized carbons (Fsp3) is 0.692. The molecule has 1 aromatic heterocycles. The van der Waals surface area contributed by atoms with Crippen LogP contribution in [0.3, 0.4) is 0 Å². The Morgan fingerprint density at radius 2 is 2.06 bits per heavy atom. The molecule has 0 saturated carbocycles. The first kappa shape index (κ1) is 13.4. The van der Waals surface area contributed by atoms with Crippen molar-refractivity contribution in [3.05, 3.63) is 24.3 Å². The van der Waals surface area contributed by atoms with E-state index in [9.17, 15) is 0 Å². The summed E-state index contributed by atoms with van der Waals surface area (Å²) in [4.78, 5) is 13.2. The lowest BCUT2D eigenvalue weighted by Crippen LogP contribution is -2.45. The quantitative estimate of drug-likeness (QED) is 0.730. The minimum atomic E-state index is 0.816. The Balaban J connectivity index is 1.51. The minimum Gasteiger partial charge on any atom is -0.311 e. The van der Waals surface area contributed by atoms with Crippen molar-refractivity contribution in [3.63, 3.8) is 0 Å². The van der Waals surface area contributed by atoms with Crippen LogP contribution in [0.5, 0.6) is 0 Å². The van der Waals surface area contributed by atoms with Gasteiger partial charge < -0.3 is 15.1 Å². The zero-order valence-electron chi connectivity index (χ0n) is 11.2. The van der Waals surface area contributed by atoms with Gasteiger partial charge in [0, 0.05) is 51.3 Å². The Kier molecular flexibility index (Phi) is 5.51. The van der Waals surface area contributed by atoms with Gasteiger partial charge in [-0.05, 0) is 26.6 Å². The van der Waals surface area contributed by atoms with Gasteiger partial charge in [0.1, 0.15) is 0 Å². The summed E-state index contributed by atoms with van der Waals surface area (Å²) in [5.41, 5.74) is 1.01. The Morgan fingerprint density at radius 3 is 2.78 bits per heavy atom. The molecule has 0 spiro atoms. The van der Waals surface area contributed by atoms with E-state index in [0.717, 1.165) is 18.8 Å². The monoisotopic (exact) mass is 249 g/mol. The maximum Gasteiger partial charge on any atom is 0.0724 e. The van der Waals surface area contributed by atoms with Crippen molar-refractivity contribution in [2.24, 2.45) is 0 Å². The van der Waals surface area contributed by atoms with E-state index in [0.29, 0.717) is 0 Å². The summed E-state index contributed by atoms with van der Waals surface area (Å²) in [6.45, 7) is 7.88. The zero-order valence-corrected chi connectivity index (χ0v) is 11.2. The van der Waals surface area contributed by atoms with Crippen LogP contribution in [-0.2, 0) is 6.54 Å². The van der Waals surface area contributed by atoms with Gasteiger partial charge in [-0.1, -0.05) is 0 Å². The van der Waals surface area contributed by atoms with Crippen molar-refractivity contribution in [2.75, 3.05) is 46.3 Å². The summed E-state index contributed by atoms with van der Waals surface area (Å²) >= 11 is 0. The van der Waals surface area contributed by atoms with E-state index in [1.54, 1.807) is 12.4 Å². The van der Waals surface area contributed by atoms with Crippen LogP contribution in [0, 0.1) is 0 Å². The molecule has 0 bridgehead atoms. The average Bonchev–Trinajstić information content (AvgIpc) is 2.42. The van der Waals surface area contributed by atoms with Gasteiger partial charge in [0.25, 0.3) is 0 Å². The summed E-state index contributed by atoms with van der Waals surface area (Å²) in [5, 5.41) is 3.41. The normalized spacial score (nSPS) is 18.1. The molecular weight excluding hydrogens is 226 g/mol. The van der Waals surface area contributed by atoms with E-state index in [4.69, 9.17) is 0 Å². The third-order valence-electron chi connectivity index (χ3n) is 3.35. The number of nitrogens with one attached hydrogen (secondary N) is 1. The molecule has 1 N–H and O–H groups in total. The van der Waals surface area contributed by atoms with Crippen molar-refractivity contribution in [2.45, 2.75) is 13.0 Å². The molecule has 1 saturated heterocycles. The third-order valence-corrected chi connectivity index (χ3v) is 3.35. The van der Waals surface area contributed by atoms with Crippen LogP contribution in [0.15, 0.2) is 18.6 Å². The predicted molar refractivity (Wildman–Crippen MR) is 72.3 cm³/mol. The predicted octanol–water partition coefficient (Wildman–Crippen LogP) is 0.204. The van der Waals surface area contributed by atoms with E-state index in [1.165, 1.54) is 39.1 Å². The average molecular weight is 249 g/mol. The van der Waals surface area contributed by atoms with Gasteiger partial charge in [0.15, 0.2) is 0 Å². The first-order chi connectivity index (χ1) is 8.84. The Hall–Kier alpha value is -1.04. The number of hydrogen-bond acceptors (Lipinski definition) is 5. The van der Waals surface area contributed by atoms with Crippen molar-refractivity contribution >= 4 is 0 Å². The minimum absolute atomic E-state index is 0.816. The van der Waals surface area contributed by atoms with Gasteiger partial charge in [0.2, 0.25) is 0 Å². The third kappa shape index (κ3) is 4.68. The van der Waals surface area contributed by atoms with Crippen LogP contribution in [-0.4, -0.2) is 66.1 Å². The molecule has 2 heterocycles. The van der Waals surface area contributed by atoms with Crippen LogP contribution >= 0.6 is 0 Å². The second-order valence-corrected chi connectivity index (χ2v) is 4.87. The molecule has 0 aromatic carbocycles. The van der Waals surface area contributed by atoms with E-state index in [-0.39, 0.29) is 0 Å². The highest BCUT2D eigenvalue weighted by Crippen LogP contribution is 1.99. The lowest BCUT2D eigenvalue weighted by molar-refractivity contribution is 0.152. The lowest BCUT2D eigenvalue weighted by atomic mass is 10.3. The molecule has 1 aliphatic heterocycles. The topological polar surface area (TPSA) is 44.3 Å². The number of nitrogens with zero attached hydrogens (tertiary/aromatic N) is 4. The molecule has 5 heteroatoms. The first-order valence-corrected chi connectivity index (χ1v) is 6.71. The van der Waals surface area contributed by atoms with Crippen molar-refractivity contribution in [1.82, 2.24) is 25.1 Å². The highest BCUT2D eigenvalue weighted by molar-refractivity contribution is 4.93. The Bertz CT molecular complexity index is 321. The smallest absolute Gasteiger partial charge is 0.0724 e. The second kappa shape index (κ2) is 7.41. The van der Waals surface area contributed by atoms with E-state index in [2.05, 4.69) is 32.1 Å². The molecule has 1 aliphatic rings. The lowest BCUT2D eigenvalue weighted by Gasteiger charge is -2.32. The highest BCUT2D eigenvalue weighted by atomic mass is 15.2. The fourth-order valence-electron chi connectivity index (χ4n) is 2.14. The SMILES string of the molecule is CN1CCN(CCCNCc2cnccn2)CC1. The van der Waals surface area contributed by atoms with Crippen molar-refractivity contribution in [3.8, 4) is 0 Å². The fourth-order valence-corrected chi connectivity index (χ4v) is 2.14. The van der Waals surface area contributed by atoms with Gasteiger partial charge in [-0.25, -0.2) is 0 Å². The van der Waals surface area contributed by atoms with Crippen molar-refractivity contribution < 1.29 is 0 Å². The molecule has 0 radical (unpaired) electrons. The van der Waals surface area contributed by atoms with Crippen molar-refractivity contribution in [1.29, 1.82) is 0 Å². The van der Waals surface area contributed by atoms with E-state index >= 15 is 0 Å². The molecule has 1 aromatic rings. The van der Waals surface area contributed by atoms with Crippen LogP contribution in [0.2, 0.25) is 0 Å². The van der Waals surface area contributed by atoms with Crippen LogP contribution < -0.4 is 5.32 Å². The molecule has 1 fully saturated rings. The molecule has 2 rings (SSSR count). The summed E-state index contributed by atoms with van der Waals surface area (Å²) < 4.78 is 0. The Labute approximate surface area is 109 Å². The maximum atomic E-state index is 4.23. The zero-order chi connectivity index (χ0) is 12.6. The first-order valence-electron chi connectivity index (χ1n) is 6.71. The molecule has 0 unspecified atom stereocenters. The van der Waals surface area contributed by atoms with E-state index < -0.39 is 0 Å². The van der Waals surface area contributed by atoms with Gasteiger partial charge in [0.05, 0.1) is 5.69 Å². The number of rotatable bonds is 6. The molecule has 0 aliphatic carbocycles. The second-order valence-electron chi connectivity index (χ2n) is 4.87. The molecule has 18 heavy (non-hydrogen) atoms. The van der Waals surface area contributed by atoms with E-state index in [1.807, 2.05) is 6.20 Å². The molecule has 0 amide bonds. The number of aromatic nitrogens is 2. The largest absolute Gasteiger partial charge is 0.311 e. The van der Waals surface area contributed by atoms with Crippen LogP contribution in [0.4, 0.5) is 0 Å². The molecule has 100 valence electrons. The van der Waals surface area contributed by atoms with Gasteiger partial charge in [-0.3, -0.25) is 9.97 Å². The maximum absolute atomic E-state index is 4.23. The summed E-state index contributed by atoms with van der Waals surface area (Å²) in [7, 11) is 2.19. The van der Waals surface area contributed by atoms with Gasteiger partial charge in [-0.2, -0.15) is 0 Å². The van der Waals surface area contributed by atoms with Gasteiger partial charge in [-0.15, -0.1) is 0 Å². The summed E-state index contributed by atoms with van der Waals surface area (Å²) in [5.74, 6) is 0. The van der Waals surface area contributed by atoms with Gasteiger partial charge >= 0.3 is 0 Å². The number of piperazine rings is 1. The number of likely N-dealkylation sites (N-methyl/N-ethyl adjacent to an activating group) is 1. The number of hydrogen-bond donors (Lipinski definition) is 1. The molecule has 0 atom stereocenters. The highest BCUT2D eigenvalue weighted by Gasteiger charge is 2.12. The summed E-state index contributed by atoms with van der Waals surface area (Å²) in [6, 6.07) is 0.